The van der Waals surface area contributed by atoms with Gasteiger partial charge in [0.05, 0.1) is 0 Å². The molecule has 1 N–H and O–H groups in total. The van der Waals surface area contributed by atoms with Crippen LogP contribution in [0.2, 0.25) is 0 Å². The van der Waals surface area contributed by atoms with E-state index >= 15 is 0 Å². The fourth-order valence-corrected chi connectivity index (χ4v) is 2.80. The van der Waals surface area contributed by atoms with Crippen LogP contribution in [0.15, 0.2) is 54.6 Å². The summed E-state index contributed by atoms with van der Waals surface area (Å²) in [7, 11) is 0. The van der Waals surface area contributed by atoms with Crippen molar-refractivity contribution in [3.63, 3.8) is 0 Å². The number of nitrogens with zero attached hydrogens (tertiary/aromatic N) is 1. The van der Waals surface area contributed by atoms with Crippen molar-refractivity contribution in [2.45, 2.75) is 12.8 Å². The number of hydrogen-bond acceptors (Lipinski definition) is 2. The predicted octanol–water partition coefficient (Wildman–Crippen LogP) is 2.87. The maximum Gasteiger partial charge on any atom is 0.251 e. The number of rotatable bonds is 5. The highest BCUT2D eigenvalue weighted by Crippen LogP contribution is 2.27. The van der Waals surface area contributed by atoms with Gasteiger partial charge in [-0.1, -0.05) is 36.4 Å². The first-order valence-corrected chi connectivity index (χ1v) is 7.51. The number of amides is 1. The Kier molecular flexibility index (Phi) is 4.20. The van der Waals surface area contributed by atoms with Crippen LogP contribution in [0.25, 0.3) is 0 Å². The Morgan fingerprint density at radius 1 is 1.05 bits per heavy atom. The summed E-state index contributed by atoms with van der Waals surface area (Å²) in [6.07, 6.45) is 2.10. The fourth-order valence-electron chi connectivity index (χ4n) is 2.80. The maximum absolute atomic E-state index is 11.9. The Morgan fingerprint density at radius 3 is 2.67 bits per heavy atom. The summed E-state index contributed by atoms with van der Waals surface area (Å²) in [6, 6.07) is 17.9. The fraction of sp³-hybridized carbons (Fsp3) is 0.278. The topological polar surface area (TPSA) is 32.3 Å². The molecular formula is C18H20N2O. The lowest BCUT2D eigenvalue weighted by atomic mass is 10.2. The molecule has 0 saturated carbocycles. The van der Waals surface area contributed by atoms with Gasteiger partial charge in [0.15, 0.2) is 0 Å². The van der Waals surface area contributed by atoms with Gasteiger partial charge in [-0.25, -0.2) is 0 Å². The summed E-state index contributed by atoms with van der Waals surface area (Å²) in [6.45, 7) is 2.80. The SMILES string of the molecule is O=C(NCCCN1CCc2ccccc21)c1ccccc1. The third-order valence-corrected chi connectivity index (χ3v) is 3.91. The number of hydrogen-bond donors (Lipinski definition) is 1. The van der Waals surface area contributed by atoms with Gasteiger partial charge < -0.3 is 10.2 Å². The highest BCUT2D eigenvalue weighted by atomic mass is 16.1. The minimum atomic E-state index is 0.0115. The molecule has 1 aliphatic heterocycles. The van der Waals surface area contributed by atoms with Crippen molar-refractivity contribution in [1.29, 1.82) is 0 Å². The first-order chi connectivity index (χ1) is 10.3. The molecule has 3 rings (SSSR count). The highest BCUT2D eigenvalue weighted by molar-refractivity contribution is 5.94. The van der Waals surface area contributed by atoms with Gasteiger partial charge in [-0.3, -0.25) is 4.79 Å². The molecule has 2 aromatic carbocycles. The Labute approximate surface area is 125 Å². The third kappa shape index (κ3) is 3.24. The molecule has 0 aliphatic carbocycles. The zero-order chi connectivity index (χ0) is 14.5. The molecule has 1 amide bonds. The summed E-state index contributed by atoms with van der Waals surface area (Å²) in [4.78, 5) is 14.3. The summed E-state index contributed by atoms with van der Waals surface area (Å²) in [5.74, 6) is 0.0115. The summed E-state index contributed by atoms with van der Waals surface area (Å²) in [5.41, 5.74) is 3.52. The molecule has 0 bridgehead atoms. The van der Waals surface area contributed by atoms with E-state index in [9.17, 15) is 4.79 Å². The van der Waals surface area contributed by atoms with Crippen LogP contribution in [0, 0.1) is 0 Å². The molecule has 0 fully saturated rings. The second-order valence-corrected chi connectivity index (χ2v) is 5.34. The van der Waals surface area contributed by atoms with E-state index in [0.29, 0.717) is 6.54 Å². The van der Waals surface area contributed by atoms with E-state index in [0.717, 1.165) is 31.5 Å². The van der Waals surface area contributed by atoms with Crippen LogP contribution in [-0.2, 0) is 6.42 Å². The lowest BCUT2D eigenvalue weighted by molar-refractivity contribution is 0.0953. The van der Waals surface area contributed by atoms with Crippen LogP contribution in [-0.4, -0.2) is 25.5 Å². The molecule has 0 saturated heterocycles. The molecule has 21 heavy (non-hydrogen) atoms. The molecule has 3 nitrogen and oxygen atoms in total. The third-order valence-electron chi connectivity index (χ3n) is 3.91. The van der Waals surface area contributed by atoms with Crippen LogP contribution in [0.1, 0.15) is 22.3 Å². The molecule has 0 spiro atoms. The van der Waals surface area contributed by atoms with Gasteiger partial charge in [-0.2, -0.15) is 0 Å². The highest BCUT2D eigenvalue weighted by Gasteiger charge is 2.17. The molecule has 0 aromatic heterocycles. The molecule has 0 atom stereocenters. The normalized spacial score (nSPS) is 13.0. The van der Waals surface area contributed by atoms with Crippen LogP contribution < -0.4 is 10.2 Å². The van der Waals surface area contributed by atoms with E-state index in [1.165, 1.54) is 11.3 Å². The Balaban J connectivity index is 1.44. The number of fused-ring (bicyclic) bond motifs is 1. The molecule has 1 aliphatic rings. The van der Waals surface area contributed by atoms with Crippen LogP contribution in [0.3, 0.4) is 0 Å². The standard InChI is InChI=1S/C18H20N2O/c21-18(16-8-2-1-3-9-16)19-12-6-13-20-14-11-15-7-4-5-10-17(15)20/h1-5,7-10H,6,11-14H2,(H,19,21). The minimum Gasteiger partial charge on any atom is -0.371 e. The molecule has 3 heteroatoms. The van der Waals surface area contributed by atoms with Crippen molar-refractivity contribution in [2.24, 2.45) is 0 Å². The van der Waals surface area contributed by atoms with Gasteiger partial charge in [-0.15, -0.1) is 0 Å². The first kappa shape index (κ1) is 13.7. The van der Waals surface area contributed by atoms with Crippen molar-refractivity contribution in [1.82, 2.24) is 5.32 Å². The average molecular weight is 280 g/mol. The van der Waals surface area contributed by atoms with Crippen molar-refractivity contribution in [3.05, 3.63) is 65.7 Å². The minimum absolute atomic E-state index is 0.0115. The lowest BCUT2D eigenvalue weighted by Gasteiger charge is -2.19. The van der Waals surface area contributed by atoms with Crippen LogP contribution >= 0.6 is 0 Å². The maximum atomic E-state index is 11.9. The smallest absolute Gasteiger partial charge is 0.251 e. The zero-order valence-electron chi connectivity index (χ0n) is 12.1. The number of carbonyl (C=O) groups excluding carboxylic acids is 1. The number of para-hydroxylation sites is 1. The number of benzene rings is 2. The van der Waals surface area contributed by atoms with Gasteiger partial charge >= 0.3 is 0 Å². The van der Waals surface area contributed by atoms with Crippen molar-refractivity contribution in [2.75, 3.05) is 24.5 Å². The van der Waals surface area contributed by atoms with Crippen molar-refractivity contribution in [3.8, 4) is 0 Å². The Hall–Kier alpha value is -2.29. The van der Waals surface area contributed by atoms with Gasteiger partial charge in [0, 0.05) is 30.9 Å². The summed E-state index contributed by atoms with van der Waals surface area (Å²) in [5, 5.41) is 2.98. The van der Waals surface area contributed by atoms with Gasteiger partial charge in [0.2, 0.25) is 0 Å². The molecule has 2 aromatic rings. The second kappa shape index (κ2) is 6.44. The van der Waals surface area contributed by atoms with E-state index in [4.69, 9.17) is 0 Å². The molecule has 0 unspecified atom stereocenters. The van der Waals surface area contributed by atoms with Gasteiger partial charge in [0.25, 0.3) is 5.91 Å². The Morgan fingerprint density at radius 2 is 1.81 bits per heavy atom. The van der Waals surface area contributed by atoms with Crippen molar-refractivity contribution >= 4 is 11.6 Å². The average Bonchev–Trinajstić information content (AvgIpc) is 2.95. The van der Waals surface area contributed by atoms with Gasteiger partial charge in [-0.05, 0) is 36.6 Å². The zero-order valence-corrected chi connectivity index (χ0v) is 12.1. The number of anilines is 1. The second-order valence-electron chi connectivity index (χ2n) is 5.34. The molecular weight excluding hydrogens is 260 g/mol. The predicted molar refractivity (Wildman–Crippen MR) is 85.8 cm³/mol. The van der Waals surface area contributed by atoms with E-state index in [1.54, 1.807) is 0 Å². The van der Waals surface area contributed by atoms with E-state index in [2.05, 4.69) is 34.5 Å². The first-order valence-electron chi connectivity index (χ1n) is 7.51. The summed E-state index contributed by atoms with van der Waals surface area (Å²) >= 11 is 0. The number of nitrogens with one attached hydrogen (secondary N) is 1. The van der Waals surface area contributed by atoms with E-state index in [-0.39, 0.29) is 5.91 Å². The van der Waals surface area contributed by atoms with E-state index in [1.807, 2.05) is 30.3 Å². The van der Waals surface area contributed by atoms with E-state index < -0.39 is 0 Å². The Bertz CT molecular complexity index is 610. The molecule has 108 valence electrons. The van der Waals surface area contributed by atoms with Crippen LogP contribution in [0.4, 0.5) is 5.69 Å². The summed E-state index contributed by atoms with van der Waals surface area (Å²) < 4.78 is 0. The monoisotopic (exact) mass is 280 g/mol. The molecule has 1 heterocycles. The quantitative estimate of drug-likeness (QED) is 0.854. The van der Waals surface area contributed by atoms with Gasteiger partial charge in [0.1, 0.15) is 0 Å². The lowest BCUT2D eigenvalue weighted by Crippen LogP contribution is -2.29. The van der Waals surface area contributed by atoms with Crippen molar-refractivity contribution < 1.29 is 4.79 Å². The molecule has 0 radical (unpaired) electrons. The largest absolute Gasteiger partial charge is 0.371 e. The van der Waals surface area contributed by atoms with Crippen LogP contribution in [0.5, 0.6) is 0 Å². The number of carbonyl (C=O) groups is 1.